The van der Waals surface area contributed by atoms with E-state index in [1.54, 1.807) is 44.4 Å². The molecular formula is C22H30B3FN6O2S. The van der Waals surface area contributed by atoms with Crippen molar-refractivity contribution in [2.24, 2.45) is 15.1 Å². The minimum atomic E-state index is -3.09. The van der Waals surface area contributed by atoms with Gasteiger partial charge in [0.15, 0.2) is 5.76 Å². The third kappa shape index (κ3) is 5.83. The number of rotatable bonds is 8. The van der Waals surface area contributed by atoms with Gasteiger partial charge in [-0.15, -0.1) is 0 Å². The second kappa shape index (κ2) is 9.97. The lowest BCUT2D eigenvalue weighted by Crippen LogP contribution is -2.47. The highest BCUT2D eigenvalue weighted by Crippen LogP contribution is 2.31. The summed E-state index contributed by atoms with van der Waals surface area (Å²) in [5.74, 6) is -0.00922. The van der Waals surface area contributed by atoms with E-state index in [2.05, 4.69) is 24.5 Å². The summed E-state index contributed by atoms with van der Waals surface area (Å²) in [4.78, 5) is 12.8. The zero-order valence-corrected chi connectivity index (χ0v) is 22.1. The van der Waals surface area contributed by atoms with Crippen LogP contribution in [0.3, 0.4) is 0 Å². The Kier molecular flexibility index (Phi) is 7.59. The summed E-state index contributed by atoms with van der Waals surface area (Å²) in [6.45, 7) is 5.45. The molecular weight excluding hydrogens is 464 g/mol. The fraction of sp³-hybridized carbons (Fsp3) is 0.364. The molecule has 13 heteroatoms. The van der Waals surface area contributed by atoms with E-state index in [0.717, 1.165) is 12.1 Å². The quantitative estimate of drug-likeness (QED) is 0.281. The maximum absolute atomic E-state index is 15.0. The molecule has 8 nitrogen and oxygen atoms in total. The van der Waals surface area contributed by atoms with E-state index in [4.69, 9.17) is 10.3 Å². The molecule has 0 radical (unpaired) electrons. The molecule has 0 aliphatic carbocycles. The first-order chi connectivity index (χ1) is 16.3. The molecule has 1 unspecified atom stereocenters. The van der Waals surface area contributed by atoms with Gasteiger partial charge in [0.1, 0.15) is 51.3 Å². The van der Waals surface area contributed by atoms with Gasteiger partial charge < -0.3 is 10.3 Å². The molecule has 35 heavy (non-hydrogen) atoms. The van der Waals surface area contributed by atoms with Crippen molar-refractivity contribution >= 4 is 39.1 Å². The summed E-state index contributed by atoms with van der Waals surface area (Å²) in [7, 11) is 3.99. The lowest BCUT2D eigenvalue weighted by Gasteiger charge is -2.31. The van der Waals surface area contributed by atoms with Gasteiger partial charge >= 0.3 is 0 Å². The molecule has 0 aliphatic rings. The van der Waals surface area contributed by atoms with Crippen LogP contribution < -0.4 is 5.73 Å². The van der Waals surface area contributed by atoms with Crippen LogP contribution in [0.5, 0.6) is 0 Å². The van der Waals surface area contributed by atoms with Crippen LogP contribution in [0, 0.1) is 5.82 Å². The lowest BCUT2D eigenvalue weighted by molar-refractivity contribution is 0.434. The van der Waals surface area contributed by atoms with Gasteiger partial charge in [0, 0.05) is 30.4 Å². The smallest absolute Gasteiger partial charge is 0.167 e. The SMILES string of the molecule is BC(B)(B)N=S(=O)(Cc1cc(-c2cc(-c3cnc(CC)cn3)no2)ccc1F)C(C)(C)/C(N)=N\C. The maximum atomic E-state index is 15.0. The zero-order chi connectivity index (χ0) is 26.0. The number of aromatic nitrogens is 3. The van der Waals surface area contributed by atoms with Crippen LogP contribution >= 0.6 is 0 Å². The zero-order valence-electron chi connectivity index (χ0n) is 21.3. The van der Waals surface area contributed by atoms with Crippen LogP contribution in [0.4, 0.5) is 4.39 Å². The number of hydrogen-bond donors (Lipinski definition) is 1. The molecule has 2 aromatic heterocycles. The monoisotopic (exact) mass is 494 g/mol. The number of benzene rings is 1. The molecule has 0 bridgehead atoms. The molecule has 0 spiro atoms. The number of hydrogen-bond acceptors (Lipinski definition) is 7. The van der Waals surface area contributed by atoms with Gasteiger partial charge in [0.2, 0.25) is 0 Å². The van der Waals surface area contributed by atoms with Gasteiger partial charge in [-0.2, -0.15) is 0 Å². The maximum Gasteiger partial charge on any atom is 0.167 e. The van der Waals surface area contributed by atoms with E-state index >= 15 is 0 Å². The van der Waals surface area contributed by atoms with Crippen LogP contribution in [0.1, 0.15) is 32.0 Å². The Balaban J connectivity index is 2.03. The Morgan fingerprint density at radius 3 is 2.46 bits per heavy atom. The summed E-state index contributed by atoms with van der Waals surface area (Å²) >= 11 is 0. The Hall–Kier alpha value is -2.95. The number of amidine groups is 1. The van der Waals surface area contributed by atoms with E-state index < -0.39 is 25.5 Å². The number of nitrogens with two attached hydrogens (primary N) is 1. The Morgan fingerprint density at radius 1 is 1.17 bits per heavy atom. The molecule has 2 heterocycles. The number of nitrogens with zero attached hydrogens (tertiary/aromatic N) is 5. The van der Waals surface area contributed by atoms with Crippen LogP contribution in [-0.2, 0) is 21.9 Å². The molecule has 0 saturated heterocycles. The van der Waals surface area contributed by atoms with Gasteiger partial charge in [-0.25, -0.2) is 8.60 Å². The summed E-state index contributed by atoms with van der Waals surface area (Å²) in [6.07, 6.45) is 4.12. The molecule has 1 atom stereocenters. The number of halogens is 1. The second-order valence-corrected chi connectivity index (χ2v) is 12.6. The normalized spacial score (nSPS) is 14.5. The molecule has 182 valence electrons. The highest BCUT2D eigenvalue weighted by atomic mass is 32.2. The van der Waals surface area contributed by atoms with Crippen molar-refractivity contribution in [3.63, 3.8) is 0 Å². The lowest BCUT2D eigenvalue weighted by atomic mass is 9.50. The Morgan fingerprint density at radius 2 is 1.89 bits per heavy atom. The van der Waals surface area contributed by atoms with Gasteiger partial charge in [0.25, 0.3) is 0 Å². The topological polar surface area (TPSA) is 120 Å². The van der Waals surface area contributed by atoms with Crippen LogP contribution in [0.15, 0.2) is 50.5 Å². The minimum absolute atomic E-state index is 0.141. The van der Waals surface area contributed by atoms with Crippen LogP contribution in [0.25, 0.3) is 22.7 Å². The molecule has 0 saturated carbocycles. The van der Waals surface area contributed by atoms with Crippen molar-refractivity contribution in [2.45, 2.75) is 42.9 Å². The summed E-state index contributed by atoms with van der Waals surface area (Å²) in [5, 5.41) is 3.45. The van der Waals surface area contributed by atoms with Gasteiger partial charge in [-0.1, -0.05) is 12.1 Å². The highest BCUT2D eigenvalue weighted by molar-refractivity contribution is 7.95. The number of aliphatic imine (C=N–C) groups is 1. The molecule has 0 fully saturated rings. The second-order valence-electron chi connectivity index (χ2n) is 9.80. The number of aryl methyl sites for hydroxylation is 1. The molecule has 0 aliphatic heterocycles. The summed E-state index contributed by atoms with van der Waals surface area (Å²) in [5.41, 5.74) is 8.92. The Bertz CT molecular complexity index is 1360. The first kappa shape index (κ1) is 26.7. The Labute approximate surface area is 208 Å². The van der Waals surface area contributed by atoms with E-state index in [1.165, 1.54) is 13.1 Å². The van der Waals surface area contributed by atoms with E-state index in [9.17, 15) is 8.60 Å². The highest BCUT2D eigenvalue weighted by Gasteiger charge is 2.38. The summed E-state index contributed by atoms with van der Waals surface area (Å²) < 4.78 is 38.3. The van der Waals surface area contributed by atoms with Crippen molar-refractivity contribution in [2.75, 3.05) is 7.05 Å². The average Bonchev–Trinajstić information content (AvgIpc) is 3.29. The van der Waals surface area contributed by atoms with E-state index in [0.29, 0.717) is 22.7 Å². The van der Waals surface area contributed by atoms with Gasteiger partial charge in [-0.05, 0) is 43.7 Å². The predicted molar refractivity (Wildman–Crippen MR) is 147 cm³/mol. The standard InChI is InChI=1S/C22H30B3FN6O2S/c1-5-15-10-30-18(11-29-15)17-9-19(34-31-17)13-6-7-16(26)14(8-13)12-35(33,32-22(23,24)25)21(2,3)20(27)28-4/h6-11H,5,12,23-25H2,1-4H3,(H2,27,28). The molecule has 2 N–H and O–H groups in total. The van der Waals surface area contributed by atoms with Crippen molar-refractivity contribution in [1.82, 2.24) is 15.1 Å². The fourth-order valence-electron chi connectivity index (χ4n) is 3.45. The largest absolute Gasteiger partial charge is 0.386 e. The van der Waals surface area contributed by atoms with E-state index in [1.807, 2.05) is 30.5 Å². The third-order valence-electron chi connectivity index (χ3n) is 5.60. The van der Waals surface area contributed by atoms with Gasteiger partial charge in [-0.3, -0.25) is 19.3 Å². The molecule has 3 rings (SSSR count). The average molecular weight is 494 g/mol. The van der Waals surface area contributed by atoms with E-state index in [-0.39, 0.29) is 17.2 Å². The molecule has 0 amide bonds. The third-order valence-corrected chi connectivity index (χ3v) is 8.95. The first-order valence-electron chi connectivity index (χ1n) is 11.3. The van der Waals surface area contributed by atoms with Crippen LogP contribution in [-0.4, -0.2) is 65.7 Å². The van der Waals surface area contributed by atoms with Crippen molar-refractivity contribution in [3.05, 3.63) is 53.7 Å². The van der Waals surface area contributed by atoms with Crippen molar-refractivity contribution in [3.8, 4) is 22.7 Å². The predicted octanol–water partition coefficient (Wildman–Crippen LogP) is 0.744. The van der Waals surface area contributed by atoms with Gasteiger partial charge in [0.05, 0.1) is 27.4 Å². The first-order valence-corrected chi connectivity index (χ1v) is 13.0. The summed E-state index contributed by atoms with van der Waals surface area (Å²) in [6, 6.07) is 6.24. The van der Waals surface area contributed by atoms with Crippen LogP contribution in [0.2, 0.25) is 0 Å². The van der Waals surface area contributed by atoms with Crippen molar-refractivity contribution < 1.29 is 13.1 Å². The minimum Gasteiger partial charge on any atom is -0.386 e. The molecule has 1 aromatic carbocycles. The van der Waals surface area contributed by atoms with Crippen molar-refractivity contribution in [1.29, 1.82) is 0 Å². The molecule has 3 aromatic rings. The fourth-order valence-corrected chi connectivity index (χ4v) is 6.05.